The maximum absolute atomic E-state index is 12.2. The molecule has 0 radical (unpaired) electrons. The van der Waals surface area contributed by atoms with E-state index >= 15 is 0 Å². The lowest BCUT2D eigenvalue weighted by Gasteiger charge is -2.06. The van der Waals surface area contributed by atoms with E-state index in [1.807, 2.05) is 48.5 Å². The summed E-state index contributed by atoms with van der Waals surface area (Å²) >= 11 is 5.41. The quantitative estimate of drug-likeness (QED) is 0.0948. The average molecular weight is 507 g/mol. The van der Waals surface area contributed by atoms with Crippen molar-refractivity contribution in [1.29, 1.82) is 0 Å². The number of azo groups is 1. The molecule has 0 N–H and O–H groups in total. The van der Waals surface area contributed by atoms with E-state index in [4.69, 9.17) is 21.1 Å². The van der Waals surface area contributed by atoms with Gasteiger partial charge in [-0.25, -0.2) is 4.79 Å². The van der Waals surface area contributed by atoms with Gasteiger partial charge in [-0.3, -0.25) is 4.79 Å². The Bertz CT molecular complexity index is 1130. The summed E-state index contributed by atoms with van der Waals surface area (Å²) < 4.78 is 11.1. The Balaban J connectivity index is 1.41. The van der Waals surface area contributed by atoms with Crippen LogP contribution in [0.1, 0.15) is 71.7 Å². The van der Waals surface area contributed by atoms with Crippen LogP contribution < -0.4 is 4.74 Å². The van der Waals surface area contributed by atoms with Gasteiger partial charge in [0, 0.05) is 5.56 Å². The van der Waals surface area contributed by atoms with Gasteiger partial charge in [0.15, 0.2) is 0 Å². The van der Waals surface area contributed by atoms with Gasteiger partial charge in [-0.1, -0.05) is 51.2 Å². The maximum Gasteiger partial charge on any atom is 0.338 e. The van der Waals surface area contributed by atoms with Crippen LogP contribution in [0.3, 0.4) is 0 Å². The van der Waals surface area contributed by atoms with Crippen molar-refractivity contribution in [2.24, 2.45) is 10.2 Å². The summed E-state index contributed by atoms with van der Waals surface area (Å²) in [7, 11) is 0. The molecule has 0 saturated carbocycles. The third-order valence-corrected chi connectivity index (χ3v) is 5.76. The Morgan fingerprint density at radius 3 is 1.89 bits per heavy atom. The molecule has 7 heteroatoms. The summed E-state index contributed by atoms with van der Waals surface area (Å²) in [4.78, 5) is 23.3. The third-order valence-electron chi connectivity index (χ3n) is 5.54. The summed E-state index contributed by atoms with van der Waals surface area (Å²) in [5.41, 5.74) is 2.92. The first-order valence-electron chi connectivity index (χ1n) is 12.3. The Morgan fingerprint density at radius 2 is 1.28 bits per heavy atom. The van der Waals surface area contributed by atoms with Crippen LogP contribution in [-0.2, 0) is 11.3 Å². The fourth-order valence-electron chi connectivity index (χ4n) is 3.43. The topological polar surface area (TPSA) is 77.3 Å². The van der Waals surface area contributed by atoms with Gasteiger partial charge in [-0.05, 0) is 84.2 Å². The second kappa shape index (κ2) is 14.8. The molecule has 3 aromatic rings. The monoisotopic (exact) mass is 506 g/mol. The van der Waals surface area contributed by atoms with Crippen molar-refractivity contribution in [2.75, 3.05) is 6.61 Å². The molecule has 3 rings (SSSR count). The molecule has 0 aromatic heterocycles. The van der Waals surface area contributed by atoms with Gasteiger partial charge in [0.05, 0.1) is 23.5 Å². The summed E-state index contributed by atoms with van der Waals surface area (Å²) in [6.45, 7) is 3.07. The van der Waals surface area contributed by atoms with Crippen LogP contribution in [0.5, 0.6) is 5.75 Å². The maximum atomic E-state index is 12.2. The van der Waals surface area contributed by atoms with Gasteiger partial charge in [0.2, 0.25) is 0 Å². The number of unbranched alkanes of at least 4 members (excludes halogenated alkanes) is 5. The standard InChI is InChI=1S/C29H31ClN2O4/c1-2-3-4-5-6-7-20-35-27-18-16-26(17-19-27)32-31-25-14-8-22(9-15-25)21-36-29(34)24-12-10-23(11-13-24)28(30)33/h8-19H,2-7,20-21H2,1H3. The van der Waals surface area contributed by atoms with E-state index in [1.54, 1.807) is 0 Å². The van der Waals surface area contributed by atoms with Gasteiger partial charge in [0.25, 0.3) is 5.24 Å². The van der Waals surface area contributed by atoms with Crippen LogP contribution in [0.4, 0.5) is 11.4 Å². The molecule has 0 aliphatic rings. The smallest absolute Gasteiger partial charge is 0.338 e. The van der Waals surface area contributed by atoms with Gasteiger partial charge in [-0.15, -0.1) is 0 Å². The highest BCUT2D eigenvalue weighted by Gasteiger charge is 2.09. The molecular weight excluding hydrogens is 476 g/mol. The molecule has 188 valence electrons. The highest BCUT2D eigenvalue weighted by atomic mass is 35.5. The number of nitrogens with zero attached hydrogens (tertiary/aromatic N) is 2. The van der Waals surface area contributed by atoms with Crippen molar-refractivity contribution in [3.05, 3.63) is 89.5 Å². The number of hydrogen-bond donors (Lipinski definition) is 0. The molecule has 0 atom stereocenters. The summed E-state index contributed by atoms with van der Waals surface area (Å²) in [6, 6.07) is 20.8. The average Bonchev–Trinajstić information content (AvgIpc) is 2.91. The van der Waals surface area contributed by atoms with E-state index in [2.05, 4.69) is 17.2 Å². The number of carbonyl (C=O) groups is 2. The number of benzene rings is 3. The molecule has 0 amide bonds. The number of rotatable bonds is 14. The van der Waals surface area contributed by atoms with Gasteiger partial charge < -0.3 is 9.47 Å². The highest BCUT2D eigenvalue weighted by molar-refractivity contribution is 6.67. The van der Waals surface area contributed by atoms with E-state index in [9.17, 15) is 9.59 Å². The largest absolute Gasteiger partial charge is 0.494 e. The molecule has 0 heterocycles. The lowest BCUT2D eigenvalue weighted by atomic mass is 10.1. The zero-order valence-corrected chi connectivity index (χ0v) is 21.2. The molecule has 36 heavy (non-hydrogen) atoms. The minimum atomic E-state index is -0.572. The molecule has 0 spiro atoms. The number of ether oxygens (including phenoxy) is 2. The number of esters is 1. The van der Waals surface area contributed by atoms with Crippen LogP contribution in [0.25, 0.3) is 0 Å². The molecule has 0 saturated heterocycles. The molecule has 0 aliphatic carbocycles. The van der Waals surface area contributed by atoms with Gasteiger partial charge in [0.1, 0.15) is 12.4 Å². The SMILES string of the molecule is CCCCCCCCOc1ccc(N=Nc2ccc(COC(=O)c3ccc(C(=O)Cl)cc3)cc2)cc1. The third kappa shape index (κ3) is 9.27. The second-order valence-corrected chi connectivity index (χ2v) is 8.75. The van der Waals surface area contributed by atoms with E-state index in [-0.39, 0.29) is 6.61 Å². The molecule has 0 aliphatic heterocycles. The van der Waals surface area contributed by atoms with E-state index in [0.29, 0.717) is 16.8 Å². The summed E-state index contributed by atoms with van der Waals surface area (Å²) in [5.74, 6) is 0.358. The van der Waals surface area contributed by atoms with Crippen LogP contribution in [0, 0.1) is 0 Å². The minimum Gasteiger partial charge on any atom is -0.494 e. The normalized spacial score (nSPS) is 10.9. The van der Waals surface area contributed by atoms with E-state index < -0.39 is 11.2 Å². The summed E-state index contributed by atoms with van der Waals surface area (Å²) in [5, 5.41) is 7.96. The second-order valence-electron chi connectivity index (χ2n) is 8.40. The van der Waals surface area contributed by atoms with Crippen LogP contribution >= 0.6 is 11.6 Å². The first kappa shape index (κ1) is 27.1. The highest BCUT2D eigenvalue weighted by Crippen LogP contribution is 2.22. The van der Waals surface area contributed by atoms with Crippen molar-refractivity contribution in [3.63, 3.8) is 0 Å². The molecular formula is C29H31ClN2O4. The van der Waals surface area contributed by atoms with Gasteiger partial charge in [-0.2, -0.15) is 10.2 Å². The number of hydrogen-bond acceptors (Lipinski definition) is 6. The molecule has 6 nitrogen and oxygen atoms in total. The first-order valence-corrected chi connectivity index (χ1v) is 12.6. The Kier molecular flexibility index (Phi) is 11.1. The molecule has 0 unspecified atom stereocenters. The zero-order chi connectivity index (χ0) is 25.6. The lowest BCUT2D eigenvalue weighted by Crippen LogP contribution is -2.05. The van der Waals surface area contributed by atoms with Crippen molar-refractivity contribution in [2.45, 2.75) is 52.1 Å². The zero-order valence-electron chi connectivity index (χ0n) is 20.5. The van der Waals surface area contributed by atoms with Crippen LogP contribution in [0.15, 0.2) is 83.0 Å². The molecule has 3 aromatic carbocycles. The fourth-order valence-corrected chi connectivity index (χ4v) is 3.55. The van der Waals surface area contributed by atoms with Crippen molar-refractivity contribution in [1.82, 2.24) is 0 Å². The number of halogens is 1. The van der Waals surface area contributed by atoms with E-state index in [0.717, 1.165) is 30.0 Å². The molecule has 0 bridgehead atoms. The Morgan fingerprint density at radius 1 is 0.722 bits per heavy atom. The fraction of sp³-hybridized carbons (Fsp3) is 0.310. The minimum absolute atomic E-state index is 0.118. The van der Waals surface area contributed by atoms with Gasteiger partial charge >= 0.3 is 5.97 Å². The predicted molar refractivity (Wildman–Crippen MR) is 142 cm³/mol. The number of carbonyl (C=O) groups excluding carboxylic acids is 2. The molecule has 0 fully saturated rings. The Hall–Kier alpha value is -3.51. The summed E-state index contributed by atoms with van der Waals surface area (Å²) in [6.07, 6.45) is 7.44. The van der Waals surface area contributed by atoms with Crippen molar-refractivity contribution in [3.8, 4) is 5.75 Å². The predicted octanol–water partition coefficient (Wildman–Crippen LogP) is 8.58. The Labute approximate surface area is 217 Å². The van der Waals surface area contributed by atoms with Crippen LogP contribution in [0.2, 0.25) is 0 Å². The van der Waals surface area contributed by atoms with E-state index in [1.165, 1.54) is 56.4 Å². The van der Waals surface area contributed by atoms with Crippen molar-refractivity contribution < 1.29 is 19.1 Å². The van der Waals surface area contributed by atoms with Crippen molar-refractivity contribution >= 4 is 34.2 Å². The lowest BCUT2D eigenvalue weighted by molar-refractivity contribution is 0.0472. The van der Waals surface area contributed by atoms with Crippen LogP contribution in [-0.4, -0.2) is 17.8 Å². The first-order chi connectivity index (χ1) is 17.5.